The van der Waals surface area contributed by atoms with Gasteiger partial charge < -0.3 is 15.0 Å². The van der Waals surface area contributed by atoms with Crippen LogP contribution < -0.4 is 10.8 Å². The Bertz CT molecular complexity index is 703. The van der Waals surface area contributed by atoms with Gasteiger partial charge in [0.2, 0.25) is 11.8 Å². The Labute approximate surface area is 185 Å². The molecule has 8 heteroatoms. The summed E-state index contributed by atoms with van der Waals surface area (Å²) < 4.78 is 5.05. The van der Waals surface area contributed by atoms with Gasteiger partial charge in [0, 0.05) is 20.7 Å². The maximum atomic E-state index is 13.1. The molecule has 0 aromatic heterocycles. The van der Waals surface area contributed by atoms with Crippen molar-refractivity contribution in [2.75, 3.05) is 20.7 Å². The molecular weight excluding hydrogens is 398 g/mol. The maximum absolute atomic E-state index is 13.1. The molecule has 3 amide bonds. The zero-order valence-corrected chi connectivity index (χ0v) is 19.3. The second-order valence-corrected chi connectivity index (χ2v) is 8.67. The molecule has 3 N–H and O–H groups in total. The predicted octanol–water partition coefficient (Wildman–Crippen LogP) is 2.30. The van der Waals surface area contributed by atoms with Crippen LogP contribution in [0, 0.1) is 5.41 Å². The number of benzene rings is 1. The van der Waals surface area contributed by atoms with Gasteiger partial charge in [0.15, 0.2) is 0 Å². The van der Waals surface area contributed by atoms with Crippen LogP contribution in [0.1, 0.15) is 52.0 Å². The van der Waals surface area contributed by atoms with Gasteiger partial charge in [0.05, 0.1) is 6.42 Å². The van der Waals surface area contributed by atoms with Crippen molar-refractivity contribution in [1.82, 2.24) is 15.7 Å². The number of nitrogens with one attached hydrogen (secondary N) is 2. The summed E-state index contributed by atoms with van der Waals surface area (Å²) in [5.74, 6) is -1.43. The van der Waals surface area contributed by atoms with Crippen molar-refractivity contribution >= 4 is 17.7 Å². The number of hydroxylamine groups is 1. The monoisotopic (exact) mass is 435 g/mol. The van der Waals surface area contributed by atoms with E-state index in [9.17, 15) is 14.4 Å². The molecule has 174 valence electrons. The predicted molar refractivity (Wildman–Crippen MR) is 118 cm³/mol. The minimum Gasteiger partial charge on any atom is -0.371 e. The fourth-order valence-electron chi connectivity index (χ4n) is 3.60. The quantitative estimate of drug-likeness (QED) is 0.265. The van der Waals surface area contributed by atoms with Crippen LogP contribution in [-0.2, 0) is 25.5 Å². The van der Waals surface area contributed by atoms with Crippen LogP contribution in [0.3, 0.4) is 0 Å². The summed E-state index contributed by atoms with van der Waals surface area (Å²) in [6, 6.07) is 9.50. The summed E-state index contributed by atoms with van der Waals surface area (Å²) in [6.45, 7) is 6.09. The van der Waals surface area contributed by atoms with Gasteiger partial charge in [-0.3, -0.25) is 19.6 Å². The molecule has 1 aromatic carbocycles. The van der Waals surface area contributed by atoms with Gasteiger partial charge in [-0.2, -0.15) is 0 Å². The zero-order chi connectivity index (χ0) is 23.4. The summed E-state index contributed by atoms with van der Waals surface area (Å²) in [7, 11) is 2.84. The molecule has 0 aliphatic rings. The number of amides is 3. The van der Waals surface area contributed by atoms with Crippen LogP contribution in [0.2, 0.25) is 0 Å². The molecule has 0 aliphatic carbocycles. The lowest BCUT2D eigenvalue weighted by molar-refractivity contribution is -0.151. The summed E-state index contributed by atoms with van der Waals surface area (Å²) in [5, 5.41) is 11.5. The van der Waals surface area contributed by atoms with Crippen LogP contribution in [0.15, 0.2) is 30.3 Å². The standard InChI is InChI=1S/C23H37N3O5/c1-23(2,3)20(22(29)24-4)26(19(27)16-18(31-5)21(28)25-30)15-11-7-10-14-17-12-8-6-9-13-17/h6,8-9,12-13,18,20,30H,7,10-11,14-16H2,1-5H3,(H,24,29)(H,25,28)/t18-,20?/m0/s1. The first-order valence-electron chi connectivity index (χ1n) is 10.7. The van der Waals surface area contributed by atoms with E-state index in [-0.39, 0.29) is 18.2 Å². The third-order valence-electron chi connectivity index (χ3n) is 5.20. The van der Waals surface area contributed by atoms with Crippen molar-refractivity contribution in [3.8, 4) is 0 Å². The van der Waals surface area contributed by atoms with E-state index in [2.05, 4.69) is 17.4 Å². The highest BCUT2D eigenvalue weighted by molar-refractivity contribution is 5.91. The van der Waals surface area contributed by atoms with E-state index >= 15 is 0 Å². The van der Waals surface area contributed by atoms with Crippen LogP contribution in [0.25, 0.3) is 0 Å². The minimum absolute atomic E-state index is 0.259. The van der Waals surface area contributed by atoms with Crippen LogP contribution in [0.5, 0.6) is 0 Å². The van der Waals surface area contributed by atoms with E-state index in [1.165, 1.54) is 23.1 Å². The highest BCUT2D eigenvalue weighted by atomic mass is 16.5. The number of hydrogen-bond donors (Lipinski definition) is 3. The lowest BCUT2D eigenvalue weighted by Crippen LogP contribution is -2.56. The lowest BCUT2D eigenvalue weighted by atomic mass is 9.84. The molecule has 1 rings (SSSR count). The summed E-state index contributed by atoms with van der Waals surface area (Å²) in [4.78, 5) is 39.1. The Morgan fingerprint density at radius 2 is 1.71 bits per heavy atom. The first kappa shape index (κ1) is 26.6. The molecule has 0 saturated heterocycles. The highest BCUT2D eigenvalue weighted by Crippen LogP contribution is 2.26. The molecule has 2 atom stereocenters. The average Bonchev–Trinajstić information content (AvgIpc) is 2.75. The van der Waals surface area contributed by atoms with Crippen molar-refractivity contribution in [3.63, 3.8) is 0 Å². The van der Waals surface area contributed by atoms with E-state index < -0.39 is 23.5 Å². The Hall–Kier alpha value is -2.45. The van der Waals surface area contributed by atoms with Crippen LogP contribution >= 0.6 is 0 Å². The number of aryl methyl sites for hydroxylation is 1. The van der Waals surface area contributed by atoms with Crippen molar-refractivity contribution in [3.05, 3.63) is 35.9 Å². The molecule has 31 heavy (non-hydrogen) atoms. The van der Waals surface area contributed by atoms with Crippen molar-refractivity contribution < 1.29 is 24.3 Å². The van der Waals surface area contributed by atoms with Crippen molar-refractivity contribution in [1.29, 1.82) is 0 Å². The third-order valence-corrected chi connectivity index (χ3v) is 5.20. The summed E-state index contributed by atoms with van der Waals surface area (Å²) in [6.07, 6.45) is 2.15. The van der Waals surface area contributed by atoms with Crippen molar-refractivity contribution in [2.24, 2.45) is 5.41 Å². The maximum Gasteiger partial charge on any atom is 0.272 e. The molecule has 0 fully saturated rings. The Morgan fingerprint density at radius 3 is 2.23 bits per heavy atom. The molecule has 0 spiro atoms. The van der Waals surface area contributed by atoms with Gasteiger partial charge in [-0.1, -0.05) is 57.5 Å². The fourth-order valence-corrected chi connectivity index (χ4v) is 3.60. The molecule has 0 aliphatic heterocycles. The minimum atomic E-state index is -1.14. The van der Waals surface area contributed by atoms with E-state index in [1.807, 2.05) is 39.0 Å². The Balaban J connectivity index is 2.88. The topological polar surface area (TPSA) is 108 Å². The normalized spacial score (nSPS) is 13.2. The second-order valence-electron chi connectivity index (χ2n) is 8.67. The number of rotatable bonds is 12. The van der Waals surface area contributed by atoms with E-state index in [0.717, 1.165) is 25.7 Å². The largest absolute Gasteiger partial charge is 0.371 e. The van der Waals surface area contributed by atoms with Gasteiger partial charge in [-0.25, -0.2) is 5.48 Å². The molecule has 0 heterocycles. The fraction of sp³-hybridized carbons (Fsp3) is 0.609. The number of methoxy groups -OCH3 is 1. The molecule has 8 nitrogen and oxygen atoms in total. The Morgan fingerprint density at radius 1 is 1.06 bits per heavy atom. The highest BCUT2D eigenvalue weighted by Gasteiger charge is 2.39. The van der Waals surface area contributed by atoms with E-state index in [1.54, 1.807) is 7.05 Å². The Kier molecular flexibility index (Phi) is 11.2. The summed E-state index contributed by atoms with van der Waals surface area (Å²) >= 11 is 0. The molecule has 0 saturated carbocycles. The van der Waals surface area contributed by atoms with Gasteiger partial charge in [0.25, 0.3) is 5.91 Å². The second kappa shape index (κ2) is 13.1. The molecule has 1 unspecified atom stereocenters. The first-order chi connectivity index (χ1) is 14.6. The van der Waals surface area contributed by atoms with Gasteiger partial charge in [-0.15, -0.1) is 0 Å². The van der Waals surface area contributed by atoms with Crippen LogP contribution in [0.4, 0.5) is 0 Å². The smallest absolute Gasteiger partial charge is 0.272 e. The zero-order valence-electron chi connectivity index (χ0n) is 19.3. The number of unbranched alkanes of at least 4 members (excludes halogenated alkanes) is 2. The van der Waals surface area contributed by atoms with Gasteiger partial charge in [-0.05, 0) is 30.2 Å². The number of nitrogens with zero attached hydrogens (tertiary/aromatic N) is 1. The number of hydrogen-bond acceptors (Lipinski definition) is 5. The number of ether oxygens (including phenoxy) is 1. The first-order valence-corrected chi connectivity index (χ1v) is 10.7. The number of likely N-dealkylation sites (N-methyl/N-ethyl adjacent to an activating group) is 1. The van der Waals surface area contributed by atoms with Gasteiger partial charge >= 0.3 is 0 Å². The molecular formula is C23H37N3O5. The molecule has 0 radical (unpaired) electrons. The summed E-state index contributed by atoms with van der Waals surface area (Å²) in [5.41, 5.74) is 2.27. The lowest BCUT2D eigenvalue weighted by Gasteiger charge is -2.39. The number of carbonyl (C=O) groups excluding carboxylic acids is 3. The molecule has 1 aromatic rings. The van der Waals surface area contributed by atoms with Gasteiger partial charge in [0.1, 0.15) is 12.1 Å². The van der Waals surface area contributed by atoms with E-state index in [4.69, 9.17) is 9.94 Å². The van der Waals surface area contributed by atoms with E-state index in [0.29, 0.717) is 6.54 Å². The number of carbonyl (C=O) groups is 3. The third kappa shape index (κ3) is 8.67. The van der Waals surface area contributed by atoms with Crippen molar-refractivity contribution in [2.45, 2.75) is 65.0 Å². The SMILES string of the molecule is CNC(=O)C(N(CCCCCc1ccccc1)C(=O)C[C@H](OC)C(=O)NO)C(C)(C)C. The average molecular weight is 436 g/mol. The van der Waals surface area contributed by atoms with Crippen LogP contribution in [-0.4, -0.2) is 60.7 Å². The molecule has 0 bridgehead atoms.